The largest absolute Gasteiger partial charge is 0.310 e. The minimum Gasteiger partial charge on any atom is -0.310 e. The molecule has 2 N–H and O–H groups in total. The van der Waals surface area contributed by atoms with Crippen LogP contribution in [-0.4, -0.2) is 20.0 Å². The third-order valence-corrected chi connectivity index (χ3v) is 5.44. The van der Waals surface area contributed by atoms with Crippen LogP contribution in [0.3, 0.4) is 0 Å². The van der Waals surface area contributed by atoms with Gasteiger partial charge in [0.1, 0.15) is 0 Å². The summed E-state index contributed by atoms with van der Waals surface area (Å²) in [6.07, 6.45) is 2.93. The van der Waals surface area contributed by atoms with Gasteiger partial charge >= 0.3 is 0 Å². The van der Waals surface area contributed by atoms with Crippen molar-refractivity contribution < 1.29 is 8.42 Å². The second kappa shape index (κ2) is 5.84. The van der Waals surface area contributed by atoms with E-state index in [0.717, 1.165) is 31.4 Å². The zero-order valence-corrected chi connectivity index (χ0v) is 13.3. The zero-order chi connectivity index (χ0) is 14.8. The predicted molar refractivity (Wildman–Crippen MR) is 81.0 cm³/mol. The average Bonchev–Trinajstić information content (AvgIpc) is 2.34. The van der Waals surface area contributed by atoms with E-state index in [0.29, 0.717) is 10.9 Å². The van der Waals surface area contributed by atoms with Crippen molar-refractivity contribution in [3.63, 3.8) is 0 Å². The van der Waals surface area contributed by atoms with Crippen molar-refractivity contribution in [3.8, 4) is 0 Å². The average molecular weight is 296 g/mol. The monoisotopic (exact) mass is 296 g/mol. The maximum Gasteiger partial charge on any atom is 0.241 e. The summed E-state index contributed by atoms with van der Waals surface area (Å²) in [5, 5.41) is 3.31. The lowest BCUT2D eigenvalue weighted by atomic mass is 9.80. The molecule has 0 heterocycles. The molecule has 0 atom stereocenters. The zero-order valence-electron chi connectivity index (χ0n) is 12.4. The number of hydrogen-bond acceptors (Lipinski definition) is 3. The molecular weight excluding hydrogens is 272 g/mol. The third kappa shape index (κ3) is 3.81. The summed E-state index contributed by atoms with van der Waals surface area (Å²) in [6.45, 7) is 6.89. The van der Waals surface area contributed by atoms with Crippen LogP contribution in [0.25, 0.3) is 0 Å². The summed E-state index contributed by atoms with van der Waals surface area (Å²) in [5.74, 6) is 0. The van der Waals surface area contributed by atoms with Gasteiger partial charge in [0.25, 0.3) is 0 Å². The van der Waals surface area contributed by atoms with E-state index in [-0.39, 0.29) is 5.54 Å². The molecule has 1 fully saturated rings. The lowest BCUT2D eigenvalue weighted by Gasteiger charge is -2.38. The molecule has 0 unspecified atom stereocenters. The van der Waals surface area contributed by atoms with E-state index in [1.807, 2.05) is 19.1 Å². The van der Waals surface area contributed by atoms with Crippen LogP contribution in [0.15, 0.2) is 29.2 Å². The fourth-order valence-corrected chi connectivity index (χ4v) is 3.77. The second-order valence-electron chi connectivity index (χ2n) is 6.20. The Bertz CT molecular complexity index is 546. The number of hydrogen-bond donors (Lipinski definition) is 2. The van der Waals surface area contributed by atoms with Crippen LogP contribution in [0.2, 0.25) is 0 Å². The maximum absolute atomic E-state index is 12.3. The van der Waals surface area contributed by atoms with Crippen molar-refractivity contribution in [3.05, 3.63) is 29.8 Å². The topological polar surface area (TPSA) is 58.2 Å². The molecule has 0 amide bonds. The van der Waals surface area contributed by atoms with Crippen LogP contribution in [0.4, 0.5) is 0 Å². The highest BCUT2D eigenvalue weighted by atomic mass is 32.2. The highest BCUT2D eigenvalue weighted by Gasteiger charge is 2.36. The molecule has 5 heteroatoms. The standard InChI is InChI=1S/C15H24N2O2S/c1-12(2)16-11-13-5-7-14(8-6-13)20(18,19)17-15(3)9-4-10-15/h5-8,12,16-17H,4,9-11H2,1-3H3. The van der Waals surface area contributed by atoms with E-state index in [1.54, 1.807) is 12.1 Å². The van der Waals surface area contributed by atoms with E-state index < -0.39 is 10.0 Å². The molecule has 0 radical (unpaired) electrons. The lowest BCUT2D eigenvalue weighted by molar-refractivity contribution is 0.248. The van der Waals surface area contributed by atoms with Gasteiger partial charge in [-0.1, -0.05) is 26.0 Å². The first kappa shape index (κ1) is 15.5. The van der Waals surface area contributed by atoms with Gasteiger partial charge in [0, 0.05) is 18.1 Å². The molecule has 0 spiro atoms. The number of rotatable bonds is 6. The number of sulfonamides is 1. The van der Waals surface area contributed by atoms with E-state index in [9.17, 15) is 8.42 Å². The van der Waals surface area contributed by atoms with Gasteiger partial charge in [0.2, 0.25) is 10.0 Å². The van der Waals surface area contributed by atoms with Crippen LogP contribution >= 0.6 is 0 Å². The van der Waals surface area contributed by atoms with Crippen LogP contribution in [0.1, 0.15) is 45.6 Å². The highest BCUT2D eigenvalue weighted by molar-refractivity contribution is 7.89. The smallest absolute Gasteiger partial charge is 0.241 e. The molecule has 2 rings (SSSR count). The van der Waals surface area contributed by atoms with Gasteiger partial charge in [-0.3, -0.25) is 0 Å². The molecule has 112 valence electrons. The molecule has 1 aliphatic rings. The van der Waals surface area contributed by atoms with Crippen LogP contribution in [0.5, 0.6) is 0 Å². The normalized spacial score (nSPS) is 18.0. The summed E-state index contributed by atoms with van der Waals surface area (Å²) in [7, 11) is -3.40. The highest BCUT2D eigenvalue weighted by Crippen LogP contribution is 2.32. The number of benzene rings is 1. The molecule has 20 heavy (non-hydrogen) atoms. The SMILES string of the molecule is CC(C)NCc1ccc(S(=O)(=O)NC2(C)CCC2)cc1. The molecule has 0 saturated heterocycles. The van der Waals surface area contributed by atoms with E-state index in [1.165, 1.54) is 0 Å². The van der Waals surface area contributed by atoms with E-state index in [4.69, 9.17) is 0 Å². The predicted octanol–water partition coefficient (Wildman–Crippen LogP) is 2.41. The van der Waals surface area contributed by atoms with Crippen LogP contribution in [0, 0.1) is 0 Å². The third-order valence-electron chi connectivity index (χ3n) is 3.79. The van der Waals surface area contributed by atoms with E-state index in [2.05, 4.69) is 23.9 Å². The molecule has 1 aromatic rings. The molecule has 4 nitrogen and oxygen atoms in total. The number of nitrogens with one attached hydrogen (secondary N) is 2. The van der Waals surface area contributed by atoms with Crippen LogP contribution < -0.4 is 10.0 Å². The maximum atomic E-state index is 12.3. The van der Waals surface area contributed by atoms with Gasteiger partial charge in [-0.15, -0.1) is 0 Å². The van der Waals surface area contributed by atoms with Gasteiger partial charge < -0.3 is 5.32 Å². The molecule has 0 bridgehead atoms. The van der Waals surface area contributed by atoms with Crippen molar-refractivity contribution in [1.82, 2.24) is 10.0 Å². The van der Waals surface area contributed by atoms with Gasteiger partial charge in [-0.05, 0) is 43.9 Å². The Balaban J connectivity index is 2.05. The molecule has 1 aliphatic carbocycles. The molecular formula is C15H24N2O2S. The van der Waals surface area contributed by atoms with Crippen molar-refractivity contribution in [1.29, 1.82) is 0 Å². The van der Waals surface area contributed by atoms with Crippen molar-refractivity contribution in [2.24, 2.45) is 0 Å². The minimum absolute atomic E-state index is 0.253. The lowest BCUT2D eigenvalue weighted by Crippen LogP contribution is -2.50. The first-order chi connectivity index (χ1) is 9.31. The summed E-state index contributed by atoms with van der Waals surface area (Å²) in [4.78, 5) is 0.346. The fraction of sp³-hybridized carbons (Fsp3) is 0.600. The Hall–Kier alpha value is -0.910. The van der Waals surface area contributed by atoms with Crippen molar-refractivity contribution in [2.75, 3.05) is 0 Å². The van der Waals surface area contributed by atoms with Gasteiger partial charge in [0.15, 0.2) is 0 Å². The van der Waals surface area contributed by atoms with Gasteiger partial charge in [0.05, 0.1) is 4.90 Å². The fourth-order valence-electron chi connectivity index (χ4n) is 2.30. The van der Waals surface area contributed by atoms with Gasteiger partial charge in [-0.2, -0.15) is 0 Å². The van der Waals surface area contributed by atoms with Gasteiger partial charge in [-0.25, -0.2) is 13.1 Å². The first-order valence-electron chi connectivity index (χ1n) is 7.17. The Kier molecular flexibility index (Phi) is 4.52. The molecule has 0 aliphatic heterocycles. The Morgan fingerprint density at radius 1 is 1.20 bits per heavy atom. The second-order valence-corrected chi connectivity index (χ2v) is 7.88. The molecule has 0 aromatic heterocycles. The summed E-state index contributed by atoms with van der Waals surface area (Å²) >= 11 is 0. The van der Waals surface area contributed by atoms with Crippen molar-refractivity contribution >= 4 is 10.0 Å². The Morgan fingerprint density at radius 3 is 2.25 bits per heavy atom. The first-order valence-corrected chi connectivity index (χ1v) is 8.65. The van der Waals surface area contributed by atoms with E-state index >= 15 is 0 Å². The molecule has 1 aromatic carbocycles. The Labute approximate surface area is 122 Å². The summed E-state index contributed by atoms with van der Waals surface area (Å²) in [5.41, 5.74) is 0.837. The minimum atomic E-state index is -3.40. The van der Waals surface area contributed by atoms with Crippen molar-refractivity contribution in [2.45, 2.75) is 63.1 Å². The Morgan fingerprint density at radius 2 is 1.80 bits per heavy atom. The summed E-state index contributed by atoms with van der Waals surface area (Å²) in [6, 6.07) is 7.52. The van der Waals surface area contributed by atoms with Crippen LogP contribution in [-0.2, 0) is 16.6 Å². The molecule has 1 saturated carbocycles. The summed E-state index contributed by atoms with van der Waals surface area (Å²) < 4.78 is 27.4. The quantitative estimate of drug-likeness (QED) is 0.847.